The summed E-state index contributed by atoms with van der Waals surface area (Å²) in [5, 5.41) is 11.7. The van der Waals surface area contributed by atoms with Gasteiger partial charge in [0.25, 0.3) is 0 Å². The van der Waals surface area contributed by atoms with Crippen LogP contribution in [0.3, 0.4) is 0 Å². The Labute approximate surface area is 127 Å². The van der Waals surface area contributed by atoms with Gasteiger partial charge in [0, 0.05) is 23.8 Å². The fourth-order valence-electron chi connectivity index (χ4n) is 1.54. The van der Waals surface area contributed by atoms with Crippen molar-refractivity contribution in [3.05, 3.63) is 28.2 Å². The second kappa shape index (κ2) is 7.28. The van der Waals surface area contributed by atoms with Crippen LogP contribution in [0.4, 0.5) is 10.5 Å². The van der Waals surface area contributed by atoms with Crippen LogP contribution < -0.4 is 5.32 Å². The molecule has 0 fully saturated rings. The summed E-state index contributed by atoms with van der Waals surface area (Å²) < 4.78 is 0.483. The van der Waals surface area contributed by atoms with Crippen LogP contribution in [0.5, 0.6) is 0 Å². The molecule has 0 aliphatic carbocycles. The van der Waals surface area contributed by atoms with Crippen LogP contribution in [-0.4, -0.2) is 35.6 Å². The largest absolute Gasteiger partial charge is 0.478 e. The quantitative estimate of drug-likeness (QED) is 0.857. The van der Waals surface area contributed by atoms with E-state index < -0.39 is 5.97 Å². The van der Waals surface area contributed by atoms with Crippen LogP contribution in [0, 0.1) is 5.92 Å². The summed E-state index contributed by atoms with van der Waals surface area (Å²) in [4.78, 5) is 24.6. The van der Waals surface area contributed by atoms with Gasteiger partial charge in [-0.2, -0.15) is 0 Å². The van der Waals surface area contributed by atoms with E-state index in [0.29, 0.717) is 22.6 Å². The van der Waals surface area contributed by atoms with Gasteiger partial charge in [0.05, 0.1) is 5.56 Å². The molecule has 2 N–H and O–H groups in total. The van der Waals surface area contributed by atoms with Crippen LogP contribution in [-0.2, 0) is 0 Å². The normalized spacial score (nSPS) is 10.4. The lowest BCUT2D eigenvalue weighted by Gasteiger charge is -2.19. The van der Waals surface area contributed by atoms with E-state index in [1.54, 1.807) is 24.1 Å². The second-order valence-electron chi connectivity index (χ2n) is 5.03. The molecule has 0 unspecified atom stereocenters. The summed E-state index contributed by atoms with van der Waals surface area (Å²) in [7, 11) is 1.72. The Morgan fingerprint density at radius 1 is 1.40 bits per heavy atom. The summed E-state index contributed by atoms with van der Waals surface area (Å²) in [5.74, 6) is -0.516. The van der Waals surface area contributed by atoms with Gasteiger partial charge in [-0.3, -0.25) is 0 Å². The molecule has 0 radical (unpaired) electrons. The van der Waals surface area contributed by atoms with E-state index in [9.17, 15) is 9.59 Å². The number of rotatable bonds is 5. The maximum Gasteiger partial charge on any atom is 0.336 e. The SMILES string of the molecule is CC(C)CCN(C)C(=O)Nc1ccc(Br)c(C(=O)O)c1. The number of carbonyl (C=O) groups is 2. The molecule has 6 heteroatoms. The van der Waals surface area contributed by atoms with Crippen LogP contribution in [0.1, 0.15) is 30.6 Å². The molecule has 0 saturated heterocycles. The zero-order chi connectivity index (χ0) is 15.3. The molecule has 110 valence electrons. The summed E-state index contributed by atoms with van der Waals surface area (Å²) in [6.45, 7) is 4.85. The molecular formula is C14H19BrN2O3. The highest BCUT2D eigenvalue weighted by Gasteiger charge is 2.12. The lowest BCUT2D eigenvalue weighted by atomic mass is 10.1. The number of halogens is 1. The van der Waals surface area contributed by atoms with Gasteiger partial charge in [0.15, 0.2) is 0 Å². The van der Waals surface area contributed by atoms with E-state index in [4.69, 9.17) is 5.11 Å². The Morgan fingerprint density at radius 2 is 2.05 bits per heavy atom. The maximum atomic E-state index is 11.9. The first-order valence-electron chi connectivity index (χ1n) is 6.36. The van der Waals surface area contributed by atoms with Gasteiger partial charge in [0.1, 0.15) is 0 Å². The van der Waals surface area contributed by atoms with Crippen molar-refractivity contribution in [2.45, 2.75) is 20.3 Å². The Balaban J connectivity index is 2.71. The lowest BCUT2D eigenvalue weighted by molar-refractivity contribution is 0.0696. The predicted molar refractivity (Wildman–Crippen MR) is 82.2 cm³/mol. The predicted octanol–water partition coefficient (Wildman–Crippen LogP) is 3.66. The fourth-order valence-corrected chi connectivity index (χ4v) is 1.96. The molecule has 2 amide bonds. The Kier molecular flexibility index (Phi) is 6.01. The highest BCUT2D eigenvalue weighted by molar-refractivity contribution is 9.10. The number of aromatic carboxylic acids is 1. The number of urea groups is 1. The van der Waals surface area contributed by atoms with E-state index in [0.717, 1.165) is 6.42 Å². The number of hydrogen-bond acceptors (Lipinski definition) is 2. The molecule has 1 aromatic carbocycles. The minimum absolute atomic E-state index is 0.118. The standard InChI is InChI=1S/C14H19BrN2O3/c1-9(2)6-7-17(3)14(20)16-10-4-5-12(15)11(8-10)13(18)19/h4-5,8-9H,6-7H2,1-3H3,(H,16,20)(H,18,19). The van der Waals surface area contributed by atoms with Crippen molar-refractivity contribution in [2.75, 3.05) is 18.9 Å². The van der Waals surface area contributed by atoms with Crippen molar-refractivity contribution in [1.29, 1.82) is 0 Å². The Bertz CT molecular complexity index is 503. The van der Waals surface area contributed by atoms with Gasteiger partial charge in [0.2, 0.25) is 0 Å². The molecule has 0 saturated carbocycles. The highest BCUT2D eigenvalue weighted by atomic mass is 79.9. The van der Waals surface area contributed by atoms with E-state index in [1.807, 2.05) is 0 Å². The van der Waals surface area contributed by atoms with E-state index >= 15 is 0 Å². The molecule has 0 bridgehead atoms. The second-order valence-corrected chi connectivity index (χ2v) is 5.89. The van der Waals surface area contributed by atoms with E-state index in [2.05, 4.69) is 35.1 Å². The molecular weight excluding hydrogens is 324 g/mol. The third-order valence-corrected chi connectivity index (χ3v) is 3.53. The first kappa shape index (κ1) is 16.5. The molecule has 0 aliphatic heterocycles. The highest BCUT2D eigenvalue weighted by Crippen LogP contribution is 2.21. The lowest BCUT2D eigenvalue weighted by Crippen LogP contribution is -2.32. The van der Waals surface area contributed by atoms with Crippen LogP contribution >= 0.6 is 15.9 Å². The van der Waals surface area contributed by atoms with Crippen LogP contribution in [0.2, 0.25) is 0 Å². The topological polar surface area (TPSA) is 69.6 Å². The van der Waals surface area contributed by atoms with Crippen molar-refractivity contribution in [3.8, 4) is 0 Å². The molecule has 1 aromatic rings. The van der Waals surface area contributed by atoms with E-state index in [1.165, 1.54) is 6.07 Å². The fraction of sp³-hybridized carbons (Fsp3) is 0.429. The van der Waals surface area contributed by atoms with Gasteiger partial charge in [-0.15, -0.1) is 0 Å². The number of nitrogens with one attached hydrogen (secondary N) is 1. The van der Waals surface area contributed by atoms with Gasteiger partial charge in [-0.25, -0.2) is 9.59 Å². The molecule has 1 rings (SSSR count). The van der Waals surface area contributed by atoms with Crippen LogP contribution in [0.15, 0.2) is 22.7 Å². The zero-order valence-electron chi connectivity index (χ0n) is 11.8. The number of benzene rings is 1. The number of carboxylic acids is 1. The first-order valence-corrected chi connectivity index (χ1v) is 7.15. The van der Waals surface area contributed by atoms with Crippen molar-refractivity contribution >= 4 is 33.6 Å². The number of carboxylic acid groups (broad SMARTS) is 1. The summed E-state index contributed by atoms with van der Waals surface area (Å²) in [5.41, 5.74) is 0.583. The van der Waals surface area contributed by atoms with Crippen LogP contribution in [0.25, 0.3) is 0 Å². The minimum atomic E-state index is -1.04. The third-order valence-electron chi connectivity index (χ3n) is 2.84. The molecule has 0 atom stereocenters. The Morgan fingerprint density at radius 3 is 2.60 bits per heavy atom. The number of carbonyl (C=O) groups excluding carboxylic acids is 1. The first-order chi connectivity index (χ1) is 9.31. The van der Waals surface area contributed by atoms with E-state index in [-0.39, 0.29) is 11.6 Å². The molecule has 20 heavy (non-hydrogen) atoms. The average Bonchev–Trinajstić information content (AvgIpc) is 2.37. The number of hydrogen-bond donors (Lipinski definition) is 2. The van der Waals surface area contributed by atoms with Crippen molar-refractivity contribution < 1.29 is 14.7 Å². The molecule has 0 aliphatic rings. The molecule has 0 heterocycles. The number of anilines is 1. The molecule has 0 aromatic heterocycles. The van der Waals surface area contributed by atoms with Gasteiger partial charge in [-0.05, 0) is 46.5 Å². The number of nitrogens with zero attached hydrogens (tertiary/aromatic N) is 1. The number of amides is 2. The summed E-state index contributed by atoms with van der Waals surface area (Å²) in [6.07, 6.45) is 0.921. The zero-order valence-corrected chi connectivity index (χ0v) is 13.4. The average molecular weight is 343 g/mol. The Hall–Kier alpha value is -1.56. The van der Waals surface area contributed by atoms with Gasteiger partial charge >= 0.3 is 12.0 Å². The van der Waals surface area contributed by atoms with Crippen molar-refractivity contribution in [1.82, 2.24) is 4.90 Å². The van der Waals surface area contributed by atoms with Gasteiger partial charge < -0.3 is 15.3 Å². The summed E-state index contributed by atoms with van der Waals surface area (Å²) >= 11 is 3.16. The molecule has 5 nitrogen and oxygen atoms in total. The minimum Gasteiger partial charge on any atom is -0.478 e. The maximum absolute atomic E-state index is 11.9. The van der Waals surface area contributed by atoms with Crippen molar-refractivity contribution in [2.24, 2.45) is 5.92 Å². The molecule has 0 spiro atoms. The van der Waals surface area contributed by atoms with Gasteiger partial charge in [-0.1, -0.05) is 13.8 Å². The monoisotopic (exact) mass is 342 g/mol. The third kappa shape index (κ3) is 4.85. The smallest absolute Gasteiger partial charge is 0.336 e. The summed E-state index contributed by atoms with van der Waals surface area (Å²) in [6, 6.07) is 4.45. The van der Waals surface area contributed by atoms with Crippen molar-refractivity contribution in [3.63, 3.8) is 0 Å².